The summed E-state index contributed by atoms with van der Waals surface area (Å²) in [6, 6.07) is 5.44. The van der Waals surface area contributed by atoms with Gasteiger partial charge in [0, 0.05) is 25.5 Å². The number of likely N-dealkylation sites (tertiary alicyclic amines) is 1. The average molecular weight is 401 g/mol. The monoisotopic (exact) mass is 400 g/mol. The first kappa shape index (κ1) is 20.5. The van der Waals surface area contributed by atoms with Gasteiger partial charge in [0.05, 0.1) is 16.2 Å². The fourth-order valence-corrected chi connectivity index (χ4v) is 5.87. The number of hydrogen-bond donors (Lipinski definition) is 0. The van der Waals surface area contributed by atoms with Crippen molar-refractivity contribution in [3.63, 3.8) is 0 Å². The fourth-order valence-electron chi connectivity index (χ4n) is 4.03. The Balaban J connectivity index is 1.84. The Bertz CT molecular complexity index is 968. The van der Waals surface area contributed by atoms with Gasteiger partial charge >= 0.3 is 0 Å². The zero-order valence-electron chi connectivity index (χ0n) is 17.0. The number of pyridine rings is 1. The van der Waals surface area contributed by atoms with Crippen LogP contribution in [0.1, 0.15) is 52.4 Å². The molecule has 0 bridgehead atoms. The van der Waals surface area contributed by atoms with Crippen LogP contribution < -0.4 is 0 Å². The SMILES string of the molecule is Cc1cc(C)c(S(=O)(=O)Cc2cncc(C(=O)N3CCC(C)CC3)c2)c(C)c1. The topological polar surface area (TPSA) is 67.3 Å². The minimum Gasteiger partial charge on any atom is -0.339 e. The summed E-state index contributed by atoms with van der Waals surface area (Å²) in [7, 11) is -3.53. The van der Waals surface area contributed by atoms with E-state index in [4.69, 9.17) is 0 Å². The van der Waals surface area contributed by atoms with Gasteiger partial charge in [-0.1, -0.05) is 24.6 Å². The molecule has 0 spiro atoms. The van der Waals surface area contributed by atoms with Crippen molar-refractivity contribution in [3.05, 3.63) is 58.4 Å². The minimum absolute atomic E-state index is 0.0682. The second kappa shape index (κ2) is 8.03. The molecule has 1 aliphatic heterocycles. The summed E-state index contributed by atoms with van der Waals surface area (Å²) in [6.07, 6.45) is 5.06. The first-order chi connectivity index (χ1) is 13.2. The molecule has 6 heteroatoms. The summed E-state index contributed by atoms with van der Waals surface area (Å²) in [4.78, 5) is 19.1. The number of hydrogen-bond acceptors (Lipinski definition) is 4. The molecule has 1 aliphatic rings. The molecule has 1 fully saturated rings. The lowest BCUT2D eigenvalue weighted by molar-refractivity contribution is 0.0696. The highest BCUT2D eigenvalue weighted by Gasteiger charge is 2.24. The predicted molar refractivity (Wildman–Crippen MR) is 110 cm³/mol. The molecule has 0 N–H and O–H groups in total. The number of aromatic nitrogens is 1. The Morgan fingerprint density at radius 1 is 1.07 bits per heavy atom. The summed E-state index contributed by atoms with van der Waals surface area (Å²) in [5.74, 6) is 0.407. The van der Waals surface area contributed by atoms with E-state index in [1.54, 1.807) is 6.07 Å². The van der Waals surface area contributed by atoms with Gasteiger partial charge in [0.25, 0.3) is 5.91 Å². The summed E-state index contributed by atoms with van der Waals surface area (Å²) in [5, 5.41) is 0. The molecule has 1 saturated heterocycles. The number of sulfone groups is 1. The quantitative estimate of drug-likeness (QED) is 0.782. The molecule has 0 aliphatic carbocycles. The molecule has 150 valence electrons. The van der Waals surface area contributed by atoms with Gasteiger partial charge in [0.15, 0.2) is 9.84 Å². The molecular weight excluding hydrogens is 372 g/mol. The highest BCUT2D eigenvalue weighted by molar-refractivity contribution is 7.90. The molecule has 1 amide bonds. The van der Waals surface area contributed by atoms with Crippen molar-refractivity contribution in [2.45, 2.75) is 51.2 Å². The first-order valence-corrected chi connectivity index (χ1v) is 11.4. The van der Waals surface area contributed by atoms with E-state index in [1.807, 2.05) is 37.8 Å². The molecular formula is C22H28N2O3S. The van der Waals surface area contributed by atoms with Crippen LogP contribution >= 0.6 is 0 Å². The van der Waals surface area contributed by atoms with Crippen molar-refractivity contribution < 1.29 is 13.2 Å². The summed E-state index contributed by atoms with van der Waals surface area (Å²) in [5.41, 5.74) is 3.54. The maximum Gasteiger partial charge on any atom is 0.255 e. The smallest absolute Gasteiger partial charge is 0.255 e. The van der Waals surface area contributed by atoms with Crippen LogP contribution in [-0.4, -0.2) is 37.3 Å². The van der Waals surface area contributed by atoms with Gasteiger partial charge in [0.2, 0.25) is 0 Å². The second-order valence-electron chi connectivity index (χ2n) is 8.04. The third kappa shape index (κ3) is 4.43. The van der Waals surface area contributed by atoms with Crippen molar-refractivity contribution in [1.29, 1.82) is 0 Å². The molecule has 0 radical (unpaired) electrons. The average Bonchev–Trinajstić information content (AvgIpc) is 2.60. The number of nitrogens with zero attached hydrogens (tertiary/aromatic N) is 2. The number of amides is 1. The fraction of sp³-hybridized carbons (Fsp3) is 0.455. The number of piperidine rings is 1. The Hall–Kier alpha value is -2.21. The van der Waals surface area contributed by atoms with Crippen LogP contribution in [0.15, 0.2) is 35.5 Å². The third-order valence-electron chi connectivity index (χ3n) is 5.39. The van der Waals surface area contributed by atoms with Gasteiger partial charge in [-0.2, -0.15) is 0 Å². The molecule has 0 atom stereocenters. The molecule has 3 rings (SSSR count). The van der Waals surface area contributed by atoms with E-state index in [1.165, 1.54) is 12.4 Å². The third-order valence-corrected chi connectivity index (χ3v) is 7.36. The van der Waals surface area contributed by atoms with Gasteiger partial charge in [-0.05, 0) is 62.3 Å². The Kier molecular flexibility index (Phi) is 5.89. The number of aryl methyl sites for hydroxylation is 3. The normalized spacial score (nSPS) is 15.6. The zero-order valence-corrected chi connectivity index (χ0v) is 17.8. The lowest BCUT2D eigenvalue weighted by atomic mass is 9.99. The lowest BCUT2D eigenvalue weighted by Crippen LogP contribution is -2.38. The van der Waals surface area contributed by atoms with Crippen molar-refractivity contribution >= 4 is 15.7 Å². The van der Waals surface area contributed by atoms with E-state index in [-0.39, 0.29) is 11.7 Å². The molecule has 2 aromatic rings. The van der Waals surface area contributed by atoms with Crippen LogP contribution in [0.4, 0.5) is 0 Å². The second-order valence-corrected chi connectivity index (χ2v) is 9.97. The van der Waals surface area contributed by atoms with Crippen molar-refractivity contribution in [3.8, 4) is 0 Å². The molecule has 1 aromatic heterocycles. The van der Waals surface area contributed by atoms with Crippen LogP contribution in [0.3, 0.4) is 0 Å². The molecule has 5 nitrogen and oxygen atoms in total. The Morgan fingerprint density at radius 3 is 2.29 bits per heavy atom. The molecule has 2 heterocycles. The Labute approximate surface area is 167 Å². The maximum absolute atomic E-state index is 13.1. The van der Waals surface area contributed by atoms with Gasteiger partial charge in [-0.3, -0.25) is 9.78 Å². The van der Waals surface area contributed by atoms with Crippen molar-refractivity contribution in [2.24, 2.45) is 5.92 Å². The van der Waals surface area contributed by atoms with E-state index in [9.17, 15) is 13.2 Å². The highest BCUT2D eigenvalue weighted by Crippen LogP contribution is 2.26. The standard InChI is InChI=1S/C22H28N2O3S/c1-15-5-7-24(8-6-15)22(25)20-11-19(12-23-13-20)14-28(26,27)21-17(3)9-16(2)10-18(21)4/h9-13,15H,5-8,14H2,1-4H3. The molecule has 28 heavy (non-hydrogen) atoms. The van der Waals surface area contributed by atoms with Crippen LogP contribution in [0.5, 0.6) is 0 Å². The van der Waals surface area contributed by atoms with E-state index in [2.05, 4.69) is 11.9 Å². The molecule has 0 unspecified atom stereocenters. The highest BCUT2D eigenvalue weighted by atomic mass is 32.2. The summed E-state index contributed by atoms with van der Waals surface area (Å²) < 4.78 is 26.1. The van der Waals surface area contributed by atoms with Crippen molar-refractivity contribution in [1.82, 2.24) is 9.88 Å². The maximum atomic E-state index is 13.1. The van der Waals surface area contributed by atoms with E-state index in [0.29, 0.717) is 21.9 Å². The van der Waals surface area contributed by atoms with Gasteiger partial charge in [0.1, 0.15) is 0 Å². The Morgan fingerprint density at radius 2 is 1.68 bits per heavy atom. The van der Waals surface area contributed by atoms with E-state index < -0.39 is 9.84 Å². The van der Waals surface area contributed by atoms with Crippen LogP contribution in [-0.2, 0) is 15.6 Å². The van der Waals surface area contributed by atoms with E-state index in [0.717, 1.165) is 42.6 Å². The zero-order chi connectivity index (χ0) is 20.5. The van der Waals surface area contributed by atoms with Crippen LogP contribution in [0.2, 0.25) is 0 Å². The first-order valence-electron chi connectivity index (χ1n) is 9.71. The van der Waals surface area contributed by atoms with Gasteiger partial charge < -0.3 is 4.90 Å². The van der Waals surface area contributed by atoms with E-state index >= 15 is 0 Å². The number of carbonyl (C=O) groups excluding carboxylic acids is 1. The van der Waals surface area contributed by atoms with Crippen LogP contribution in [0, 0.1) is 26.7 Å². The summed E-state index contributed by atoms with van der Waals surface area (Å²) in [6.45, 7) is 9.28. The number of carbonyl (C=O) groups is 1. The van der Waals surface area contributed by atoms with Gasteiger partial charge in [-0.15, -0.1) is 0 Å². The predicted octanol–water partition coefficient (Wildman–Crippen LogP) is 3.85. The van der Waals surface area contributed by atoms with Crippen LogP contribution in [0.25, 0.3) is 0 Å². The number of rotatable bonds is 4. The van der Waals surface area contributed by atoms with Gasteiger partial charge in [-0.25, -0.2) is 8.42 Å². The minimum atomic E-state index is -3.53. The molecule has 0 saturated carbocycles. The molecule has 1 aromatic carbocycles. The number of benzene rings is 1. The van der Waals surface area contributed by atoms with Crippen molar-refractivity contribution in [2.75, 3.05) is 13.1 Å². The lowest BCUT2D eigenvalue weighted by Gasteiger charge is -2.30. The largest absolute Gasteiger partial charge is 0.339 e. The summed E-state index contributed by atoms with van der Waals surface area (Å²) >= 11 is 0.